The smallest absolute Gasteiger partial charge is 0.321 e. The molecule has 0 saturated heterocycles. The molecule has 0 unspecified atom stereocenters. The van der Waals surface area contributed by atoms with E-state index in [9.17, 15) is 9.59 Å². The zero-order valence-electron chi connectivity index (χ0n) is 12.0. The summed E-state index contributed by atoms with van der Waals surface area (Å²) in [7, 11) is 0. The maximum atomic E-state index is 11.9. The Labute approximate surface area is 125 Å². The number of urea groups is 1. The highest BCUT2D eigenvalue weighted by molar-refractivity contribution is 5.95. The number of rotatable bonds is 7. The maximum absolute atomic E-state index is 11.9. The minimum atomic E-state index is -0.477. The predicted octanol–water partition coefficient (Wildman–Crippen LogP) is 1.66. The highest BCUT2D eigenvalue weighted by Crippen LogP contribution is 2.27. The van der Waals surface area contributed by atoms with Crippen molar-refractivity contribution in [3.8, 4) is 0 Å². The van der Waals surface area contributed by atoms with Crippen molar-refractivity contribution >= 4 is 11.9 Å². The lowest BCUT2D eigenvalue weighted by Crippen LogP contribution is -2.44. The summed E-state index contributed by atoms with van der Waals surface area (Å²) >= 11 is 0. The molecule has 1 aliphatic carbocycles. The van der Waals surface area contributed by atoms with Gasteiger partial charge in [0.2, 0.25) is 5.91 Å². The second kappa shape index (κ2) is 7.59. The van der Waals surface area contributed by atoms with E-state index < -0.39 is 6.03 Å². The Morgan fingerprint density at radius 1 is 1.29 bits per heavy atom. The molecule has 2 rings (SSSR count). The second-order valence-corrected chi connectivity index (χ2v) is 5.17. The van der Waals surface area contributed by atoms with Crippen molar-refractivity contribution in [1.29, 1.82) is 0 Å². The molecule has 0 spiro atoms. The Morgan fingerprint density at radius 3 is 2.62 bits per heavy atom. The van der Waals surface area contributed by atoms with Crippen molar-refractivity contribution in [3.05, 3.63) is 48.6 Å². The summed E-state index contributed by atoms with van der Waals surface area (Å²) in [5.41, 5.74) is 1.17. The Morgan fingerprint density at radius 2 is 2.00 bits per heavy atom. The van der Waals surface area contributed by atoms with Gasteiger partial charge in [0.1, 0.15) is 0 Å². The second-order valence-electron chi connectivity index (χ2n) is 5.17. The van der Waals surface area contributed by atoms with Gasteiger partial charge in [0.25, 0.3) is 0 Å². The summed E-state index contributed by atoms with van der Waals surface area (Å²) in [4.78, 5) is 25.5. The van der Waals surface area contributed by atoms with Crippen LogP contribution in [0.4, 0.5) is 4.79 Å². The minimum absolute atomic E-state index is 0.237. The third kappa shape index (κ3) is 5.39. The maximum Gasteiger partial charge on any atom is 0.321 e. The molecule has 1 aliphatic rings. The van der Waals surface area contributed by atoms with E-state index in [0.29, 0.717) is 12.6 Å². The highest BCUT2D eigenvalue weighted by Gasteiger charge is 2.30. The molecule has 5 heteroatoms. The first-order valence-electron chi connectivity index (χ1n) is 7.15. The molecule has 0 aliphatic heterocycles. The summed E-state index contributed by atoms with van der Waals surface area (Å²) in [5.74, 6) is -0.278. The van der Waals surface area contributed by atoms with Crippen LogP contribution in [0.25, 0.3) is 0 Å². The van der Waals surface area contributed by atoms with Crippen molar-refractivity contribution in [2.75, 3.05) is 13.1 Å². The van der Waals surface area contributed by atoms with Crippen molar-refractivity contribution in [3.63, 3.8) is 0 Å². The lowest BCUT2D eigenvalue weighted by Gasteiger charge is -2.21. The van der Waals surface area contributed by atoms with Gasteiger partial charge >= 0.3 is 6.03 Å². The first-order chi connectivity index (χ1) is 10.2. The van der Waals surface area contributed by atoms with Crippen molar-refractivity contribution in [2.24, 2.45) is 0 Å². The van der Waals surface area contributed by atoms with E-state index in [4.69, 9.17) is 0 Å². The van der Waals surface area contributed by atoms with Crippen molar-refractivity contribution in [2.45, 2.75) is 25.4 Å². The van der Waals surface area contributed by atoms with E-state index >= 15 is 0 Å². The van der Waals surface area contributed by atoms with Gasteiger partial charge in [-0.15, -0.1) is 6.58 Å². The van der Waals surface area contributed by atoms with Crippen LogP contribution in [0.2, 0.25) is 0 Å². The van der Waals surface area contributed by atoms with Crippen LogP contribution in [0.1, 0.15) is 18.4 Å². The fraction of sp³-hybridized carbons (Fsp3) is 0.375. The number of hydrogen-bond acceptors (Lipinski definition) is 3. The number of imide groups is 1. The van der Waals surface area contributed by atoms with Crippen molar-refractivity contribution < 1.29 is 9.59 Å². The van der Waals surface area contributed by atoms with E-state index in [0.717, 1.165) is 19.4 Å². The Hall–Kier alpha value is -2.14. The molecule has 5 nitrogen and oxygen atoms in total. The standard InChI is InChI=1S/C16H21N3O2/c1-2-10-17-16(21)18-15(20)12-19(14-8-9-14)11-13-6-4-3-5-7-13/h2-7,14H,1,8-12H2,(H2,17,18,20,21). The number of nitrogens with one attached hydrogen (secondary N) is 2. The number of amides is 3. The van der Waals surface area contributed by atoms with Gasteiger partial charge in [-0.1, -0.05) is 36.4 Å². The molecule has 3 amide bonds. The number of hydrogen-bond donors (Lipinski definition) is 2. The molecule has 0 aromatic heterocycles. The lowest BCUT2D eigenvalue weighted by atomic mass is 10.2. The van der Waals surface area contributed by atoms with Crippen LogP contribution in [-0.4, -0.2) is 36.0 Å². The van der Waals surface area contributed by atoms with Gasteiger partial charge in [-0.25, -0.2) is 4.79 Å². The minimum Gasteiger partial charge on any atom is -0.334 e. The zero-order chi connectivity index (χ0) is 15.1. The van der Waals surface area contributed by atoms with Gasteiger partial charge in [0, 0.05) is 19.1 Å². The van der Waals surface area contributed by atoms with Gasteiger partial charge in [-0.05, 0) is 18.4 Å². The van der Waals surface area contributed by atoms with Crippen LogP contribution in [0.15, 0.2) is 43.0 Å². The average molecular weight is 287 g/mol. The molecule has 0 atom stereocenters. The monoisotopic (exact) mass is 287 g/mol. The van der Waals surface area contributed by atoms with Gasteiger partial charge in [-0.3, -0.25) is 15.0 Å². The fourth-order valence-corrected chi connectivity index (χ4v) is 2.13. The molecule has 1 saturated carbocycles. The first kappa shape index (κ1) is 15.3. The zero-order valence-corrected chi connectivity index (χ0v) is 12.0. The van der Waals surface area contributed by atoms with E-state index in [1.165, 1.54) is 5.56 Å². The summed E-state index contributed by atoms with van der Waals surface area (Å²) in [6.07, 6.45) is 3.79. The van der Waals surface area contributed by atoms with E-state index in [1.807, 2.05) is 30.3 Å². The molecule has 1 aromatic carbocycles. The topological polar surface area (TPSA) is 61.4 Å². The number of carbonyl (C=O) groups is 2. The molecule has 2 N–H and O–H groups in total. The number of carbonyl (C=O) groups excluding carboxylic acids is 2. The quantitative estimate of drug-likeness (QED) is 0.750. The molecular formula is C16H21N3O2. The predicted molar refractivity (Wildman–Crippen MR) is 81.6 cm³/mol. The van der Waals surface area contributed by atoms with E-state index in [1.54, 1.807) is 6.08 Å². The van der Waals surface area contributed by atoms with Crippen LogP contribution in [0, 0.1) is 0 Å². The fourth-order valence-electron chi connectivity index (χ4n) is 2.13. The molecule has 1 aromatic rings. The third-order valence-corrected chi connectivity index (χ3v) is 3.30. The highest BCUT2D eigenvalue weighted by atomic mass is 16.2. The largest absolute Gasteiger partial charge is 0.334 e. The van der Waals surface area contributed by atoms with Gasteiger partial charge < -0.3 is 5.32 Å². The van der Waals surface area contributed by atoms with Gasteiger partial charge in [-0.2, -0.15) is 0 Å². The average Bonchev–Trinajstić information content (AvgIpc) is 3.30. The molecule has 112 valence electrons. The van der Waals surface area contributed by atoms with Gasteiger partial charge in [0.15, 0.2) is 0 Å². The molecule has 21 heavy (non-hydrogen) atoms. The summed E-state index contributed by atoms with van der Waals surface area (Å²) in [5, 5.41) is 4.86. The number of benzene rings is 1. The van der Waals surface area contributed by atoms with Crippen LogP contribution < -0.4 is 10.6 Å². The van der Waals surface area contributed by atoms with Crippen LogP contribution in [0.5, 0.6) is 0 Å². The van der Waals surface area contributed by atoms with Crippen molar-refractivity contribution in [1.82, 2.24) is 15.5 Å². The molecule has 1 fully saturated rings. The van der Waals surface area contributed by atoms with Gasteiger partial charge in [0.05, 0.1) is 6.54 Å². The molecule has 0 heterocycles. The van der Waals surface area contributed by atoms with Crippen LogP contribution >= 0.6 is 0 Å². The Kier molecular flexibility index (Phi) is 5.51. The van der Waals surface area contributed by atoms with E-state index in [2.05, 4.69) is 22.1 Å². The van der Waals surface area contributed by atoms with E-state index in [-0.39, 0.29) is 12.5 Å². The molecular weight excluding hydrogens is 266 g/mol. The Bertz CT molecular complexity index is 498. The summed E-state index contributed by atoms with van der Waals surface area (Å²) < 4.78 is 0. The molecule has 0 bridgehead atoms. The summed E-state index contributed by atoms with van der Waals surface area (Å²) in [6.45, 7) is 4.81. The third-order valence-electron chi connectivity index (χ3n) is 3.30. The summed E-state index contributed by atoms with van der Waals surface area (Å²) in [6, 6.07) is 10.0. The van der Waals surface area contributed by atoms with Crippen LogP contribution in [-0.2, 0) is 11.3 Å². The Balaban J connectivity index is 1.83. The number of nitrogens with zero attached hydrogens (tertiary/aromatic N) is 1. The normalized spacial score (nSPS) is 13.8. The van der Waals surface area contributed by atoms with Crippen LogP contribution in [0.3, 0.4) is 0 Å². The lowest BCUT2D eigenvalue weighted by molar-refractivity contribution is -0.121. The molecule has 0 radical (unpaired) electrons. The first-order valence-corrected chi connectivity index (χ1v) is 7.15. The SMILES string of the molecule is C=CCNC(=O)NC(=O)CN(Cc1ccccc1)C1CC1.